The Bertz CT molecular complexity index is 796. The predicted octanol–water partition coefficient (Wildman–Crippen LogP) is 1.48. The van der Waals surface area contributed by atoms with Gasteiger partial charge in [-0.2, -0.15) is 0 Å². The van der Waals surface area contributed by atoms with Gasteiger partial charge in [-0.1, -0.05) is 30.3 Å². The summed E-state index contributed by atoms with van der Waals surface area (Å²) in [6.45, 7) is 3.93. The van der Waals surface area contributed by atoms with Crippen molar-refractivity contribution in [2.24, 2.45) is 11.3 Å². The first-order valence-electron chi connectivity index (χ1n) is 11.0. The van der Waals surface area contributed by atoms with Crippen LogP contribution in [-0.2, 0) is 14.4 Å². The van der Waals surface area contributed by atoms with Crippen molar-refractivity contribution in [1.82, 2.24) is 15.1 Å². The Hall–Kier alpha value is -2.41. The molecule has 2 atom stereocenters. The molecule has 3 heterocycles. The molecule has 30 heavy (non-hydrogen) atoms. The van der Waals surface area contributed by atoms with Crippen LogP contribution in [-0.4, -0.2) is 64.9 Å². The van der Waals surface area contributed by atoms with Crippen LogP contribution < -0.4 is 5.32 Å². The number of rotatable bonds is 2. The highest BCUT2D eigenvalue weighted by Crippen LogP contribution is 2.43. The van der Waals surface area contributed by atoms with E-state index in [1.165, 1.54) is 0 Å². The molecule has 1 spiro atoms. The topological polar surface area (TPSA) is 90.0 Å². The fourth-order valence-electron chi connectivity index (χ4n) is 5.25. The predicted molar refractivity (Wildman–Crippen MR) is 111 cm³/mol. The summed E-state index contributed by atoms with van der Waals surface area (Å²) in [6, 6.07) is 9.19. The van der Waals surface area contributed by atoms with Gasteiger partial charge in [0.05, 0.1) is 17.6 Å². The van der Waals surface area contributed by atoms with E-state index in [1.54, 1.807) is 11.8 Å². The largest absolute Gasteiger partial charge is 0.391 e. The first-order valence-corrected chi connectivity index (χ1v) is 11.0. The summed E-state index contributed by atoms with van der Waals surface area (Å²) in [7, 11) is 0. The number of aliphatic hydroxyl groups is 1. The number of benzene rings is 1. The van der Waals surface area contributed by atoms with Crippen LogP contribution in [0.15, 0.2) is 30.3 Å². The quantitative estimate of drug-likeness (QED) is 0.769. The van der Waals surface area contributed by atoms with E-state index < -0.39 is 11.5 Å². The fourth-order valence-corrected chi connectivity index (χ4v) is 5.25. The molecule has 1 aromatic carbocycles. The van der Waals surface area contributed by atoms with E-state index in [-0.39, 0.29) is 29.7 Å². The molecular weight excluding hydrogens is 382 g/mol. The summed E-state index contributed by atoms with van der Waals surface area (Å²) in [5, 5.41) is 13.8. The molecule has 0 aromatic heterocycles. The zero-order valence-electron chi connectivity index (χ0n) is 17.5. The number of likely N-dealkylation sites (tertiary alicyclic amines) is 2. The van der Waals surface area contributed by atoms with E-state index in [4.69, 9.17) is 0 Å². The highest BCUT2D eigenvalue weighted by molar-refractivity contribution is 5.85. The van der Waals surface area contributed by atoms with Gasteiger partial charge in [-0.3, -0.25) is 14.4 Å². The molecule has 3 saturated heterocycles. The highest BCUT2D eigenvalue weighted by atomic mass is 16.3. The molecule has 0 radical (unpaired) electrons. The minimum absolute atomic E-state index is 0.0106. The van der Waals surface area contributed by atoms with E-state index in [9.17, 15) is 19.5 Å². The first-order chi connectivity index (χ1) is 14.4. The lowest BCUT2D eigenvalue weighted by Gasteiger charge is -2.47. The van der Waals surface area contributed by atoms with Crippen LogP contribution in [0.1, 0.15) is 50.6 Å². The van der Waals surface area contributed by atoms with Crippen LogP contribution >= 0.6 is 0 Å². The van der Waals surface area contributed by atoms with Gasteiger partial charge in [0.1, 0.15) is 0 Å². The molecule has 3 amide bonds. The van der Waals surface area contributed by atoms with Gasteiger partial charge in [0.15, 0.2) is 0 Å². The van der Waals surface area contributed by atoms with E-state index in [0.29, 0.717) is 58.3 Å². The van der Waals surface area contributed by atoms with Gasteiger partial charge in [-0.05, 0) is 37.7 Å². The van der Waals surface area contributed by atoms with Crippen LogP contribution in [0.4, 0.5) is 0 Å². The van der Waals surface area contributed by atoms with E-state index in [2.05, 4.69) is 5.32 Å². The summed E-state index contributed by atoms with van der Waals surface area (Å²) < 4.78 is 0. The summed E-state index contributed by atoms with van der Waals surface area (Å²) in [5.74, 6) is 0.162. The molecule has 0 saturated carbocycles. The maximum absolute atomic E-state index is 13.0. The fraction of sp³-hybridized carbons (Fsp3) is 0.609. The molecule has 0 unspecified atom stereocenters. The second-order valence-electron chi connectivity index (χ2n) is 9.02. The zero-order valence-corrected chi connectivity index (χ0v) is 17.5. The van der Waals surface area contributed by atoms with Crippen molar-refractivity contribution in [3.05, 3.63) is 35.9 Å². The maximum atomic E-state index is 13.0. The Morgan fingerprint density at radius 2 is 1.67 bits per heavy atom. The Morgan fingerprint density at radius 3 is 2.27 bits per heavy atom. The molecule has 1 aromatic rings. The van der Waals surface area contributed by atoms with Crippen LogP contribution in [0.3, 0.4) is 0 Å². The van der Waals surface area contributed by atoms with Crippen molar-refractivity contribution in [2.45, 2.75) is 51.2 Å². The number of carbonyl (C=O) groups excluding carboxylic acids is 3. The van der Waals surface area contributed by atoms with Crippen molar-refractivity contribution >= 4 is 17.7 Å². The molecule has 4 rings (SSSR count). The molecule has 0 aliphatic carbocycles. The van der Waals surface area contributed by atoms with Crippen LogP contribution in [0.25, 0.3) is 0 Å². The second-order valence-corrected chi connectivity index (χ2v) is 9.02. The Labute approximate surface area is 177 Å². The lowest BCUT2D eigenvalue weighted by molar-refractivity contribution is -0.150. The average Bonchev–Trinajstić information content (AvgIpc) is 2.77. The lowest BCUT2D eigenvalue weighted by Crippen LogP contribution is -2.58. The Kier molecular flexibility index (Phi) is 5.82. The van der Waals surface area contributed by atoms with Crippen LogP contribution in [0, 0.1) is 11.3 Å². The molecule has 3 fully saturated rings. The van der Waals surface area contributed by atoms with Gasteiger partial charge >= 0.3 is 0 Å². The summed E-state index contributed by atoms with van der Waals surface area (Å²) in [5.41, 5.74) is 0.317. The number of nitrogens with one attached hydrogen (secondary N) is 1. The Balaban J connectivity index is 1.34. The van der Waals surface area contributed by atoms with Crippen molar-refractivity contribution < 1.29 is 19.5 Å². The number of aliphatic hydroxyl groups excluding tert-OH is 1. The van der Waals surface area contributed by atoms with Crippen molar-refractivity contribution in [2.75, 3.05) is 26.2 Å². The van der Waals surface area contributed by atoms with Crippen LogP contribution in [0.5, 0.6) is 0 Å². The molecule has 0 bridgehead atoms. The monoisotopic (exact) mass is 413 g/mol. The Morgan fingerprint density at radius 1 is 1.03 bits per heavy atom. The standard InChI is InChI=1S/C23H31N3O4/c1-16(27)25-11-7-18(8-12-25)21(29)26-13-9-23(10-14-26)15-19(28)20(24-22(23)30)17-5-3-2-4-6-17/h2-6,18-20,28H,7-15H2,1H3,(H,24,30)/t19-,20+/m1/s1. The van der Waals surface area contributed by atoms with Crippen molar-refractivity contribution in [3.63, 3.8) is 0 Å². The molecule has 3 aliphatic heterocycles. The highest BCUT2D eigenvalue weighted by Gasteiger charge is 2.49. The number of hydrogen-bond donors (Lipinski definition) is 2. The number of piperidine rings is 3. The molecule has 3 aliphatic rings. The van der Waals surface area contributed by atoms with E-state index in [1.807, 2.05) is 35.2 Å². The summed E-state index contributed by atoms with van der Waals surface area (Å²) in [6.07, 6.45) is 2.36. The third-order valence-corrected chi connectivity index (χ3v) is 7.23. The third-order valence-electron chi connectivity index (χ3n) is 7.23. The van der Waals surface area contributed by atoms with Gasteiger partial charge < -0.3 is 20.2 Å². The number of carbonyl (C=O) groups is 3. The van der Waals surface area contributed by atoms with Crippen LogP contribution in [0.2, 0.25) is 0 Å². The van der Waals surface area contributed by atoms with Crippen molar-refractivity contribution in [1.29, 1.82) is 0 Å². The summed E-state index contributed by atoms with van der Waals surface area (Å²) in [4.78, 5) is 41.1. The average molecular weight is 414 g/mol. The summed E-state index contributed by atoms with van der Waals surface area (Å²) >= 11 is 0. The maximum Gasteiger partial charge on any atom is 0.227 e. The zero-order chi connectivity index (χ0) is 21.3. The SMILES string of the molecule is CC(=O)N1CCC(C(=O)N2CCC3(CC2)C[C@@H](O)[C@H](c2ccccc2)NC3=O)CC1. The smallest absolute Gasteiger partial charge is 0.227 e. The van der Waals surface area contributed by atoms with Gasteiger partial charge in [0.25, 0.3) is 0 Å². The van der Waals surface area contributed by atoms with Crippen molar-refractivity contribution in [3.8, 4) is 0 Å². The molecule has 2 N–H and O–H groups in total. The third kappa shape index (κ3) is 3.95. The van der Waals surface area contributed by atoms with Gasteiger partial charge in [-0.15, -0.1) is 0 Å². The first kappa shape index (κ1) is 20.8. The number of nitrogens with zero attached hydrogens (tertiary/aromatic N) is 2. The number of hydrogen-bond acceptors (Lipinski definition) is 4. The molecule has 162 valence electrons. The minimum atomic E-state index is -0.636. The van der Waals surface area contributed by atoms with Gasteiger partial charge in [-0.25, -0.2) is 0 Å². The molecule has 7 nitrogen and oxygen atoms in total. The minimum Gasteiger partial charge on any atom is -0.391 e. The lowest BCUT2D eigenvalue weighted by atomic mass is 9.69. The normalized spacial score (nSPS) is 27.1. The second kappa shape index (κ2) is 8.38. The number of amides is 3. The molecular formula is C23H31N3O4. The van der Waals surface area contributed by atoms with E-state index >= 15 is 0 Å². The van der Waals surface area contributed by atoms with Gasteiger partial charge in [0.2, 0.25) is 17.7 Å². The van der Waals surface area contributed by atoms with Gasteiger partial charge in [0, 0.05) is 39.0 Å². The molecule has 7 heteroatoms. The van der Waals surface area contributed by atoms with E-state index in [0.717, 1.165) is 5.56 Å².